The largest absolute Gasteiger partial charge is 0.383 e. The van der Waals surface area contributed by atoms with Crippen LogP contribution < -0.4 is 5.73 Å². The van der Waals surface area contributed by atoms with Crippen molar-refractivity contribution in [2.24, 2.45) is 0 Å². The van der Waals surface area contributed by atoms with Crippen LogP contribution in [-0.4, -0.2) is 28.4 Å². The van der Waals surface area contributed by atoms with Crippen molar-refractivity contribution in [1.82, 2.24) is 9.88 Å². The number of nitrogen functional groups attached to an aromatic ring is 1. The molecular formula is C15H17N3O. The number of rotatable bonds is 3. The molecule has 1 aliphatic rings. The number of hydrogen-bond donors (Lipinski definition) is 1. The molecule has 0 spiro atoms. The van der Waals surface area contributed by atoms with Crippen LogP contribution in [0, 0.1) is 0 Å². The number of fused-ring (bicyclic) bond motifs is 1. The van der Waals surface area contributed by atoms with Crippen LogP contribution in [0.1, 0.15) is 30.3 Å². The van der Waals surface area contributed by atoms with Crippen LogP contribution >= 0.6 is 0 Å². The minimum absolute atomic E-state index is 0.0116. The molecule has 1 saturated carbocycles. The van der Waals surface area contributed by atoms with E-state index in [2.05, 4.69) is 4.98 Å². The first-order valence-corrected chi connectivity index (χ1v) is 6.67. The van der Waals surface area contributed by atoms with E-state index in [-0.39, 0.29) is 5.91 Å². The quantitative estimate of drug-likeness (QED) is 0.916. The molecule has 1 aliphatic carbocycles. The highest BCUT2D eigenvalue weighted by atomic mass is 16.2. The van der Waals surface area contributed by atoms with Crippen molar-refractivity contribution < 1.29 is 4.79 Å². The van der Waals surface area contributed by atoms with Crippen molar-refractivity contribution in [2.75, 3.05) is 12.3 Å². The first-order chi connectivity index (χ1) is 9.20. The third kappa shape index (κ3) is 2.14. The van der Waals surface area contributed by atoms with E-state index in [1.165, 1.54) is 0 Å². The van der Waals surface area contributed by atoms with Crippen molar-refractivity contribution in [3.8, 4) is 0 Å². The molecule has 1 fully saturated rings. The Balaban J connectivity index is 2.02. The van der Waals surface area contributed by atoms with Gasteiger partial charge in [-0.1, -0.05) is 24.3 Å². The Hall–Kier alpha value is -2.10. The molecule has 4 heteroatoms. The van der Waals surface area contributed by atoms with Gasteiger partial charge in [0.25, 0.3) is 5.91 Å². The van der Waals surface area contributed by atoms with Crippen LogP contribution in [0.25, 0.3) is 10.8 Å². The third-order valence-electron chi connectivity index (χ3n) is 3.58. The van der Waals surface area contributed by atoms with Gasteiger partial charge in [-0.25, -0.2) is 4.98 Å². The number of nitrogens with two attached hydrogens (primary N) is 1. The molecule has 0 bridgehead atoms. The van der Waals surface area contributed by atoms with Gasteiger partial charge in [-0.15, -0.1) is 0 Å². The molecule has 2 N–H and O–H groups in total. The second-order valence-electron chi connectivity index (χ2n) is 4.94. The molecule has 0 atom stereocenters. The Bertz CT molecular complexity index is 634. The maximum Gasteiger partial charge on any atom is 0.272 e. The fourth-order valence-electron chi connectivity index (χ4n) is 2.44. The molecule has 0 aliphatic heterocycles. The minimum atomic E-state index is -0.0116. The molecule has 98 valence electrons. The monoisotopic (exact) mass is 255 g/mol. The summed E-state index contributed by atoms with van der Waals surface area (Å²) < 4.78 is 0. The predicted octanol–water partition coefficient (Wildman–Crippen LogP) is 2.44. The van der Waals surface area contributed by atoms with Crippen molar-refractivity contribution in [1.29, 1.82) is 0 Å². The van der Waals surface area contributed by atoms with E-state index in [0.717, 1.165) is 30.2 Å². The van der Waals surface area contributed by atoms with Crippen molar-refractivity contribution in [3.63, 3.8) is 0 Å². The molecule has 4 nitrogen and oxygen atoms in total. The van der Waals surface area contributed by atoms with Gasteiger partial charge < -0.3 is 10.6 Å². The standard InChI is InChI=1S/C15H17N3O/c1-2-18(11-7-8-11)15(19)13-9-10-5-3-4-6-12(10)14(16)17-13/h3-6,9,11H,2,7-8H2,1H3,(H2,16,17). The van der Waals surface area contributed by atoms with Crippen LogP contribution in [-0.2, 0) is 0 Å². The summed E-state index contributed by atoms with van der Waals surface area (Å²) in [4.78, 5) is 18.6. The normalized spacial score (nSPS) is 14.6. The zero-order valence-corrected chi connectivity index (χ0v) is 11.0. The molecule has 0 radical (unpaired) electrons. The molecule has 2 aromatic rings. The highest BCUT2D eigenvalue weighted by Crippen LogP contribution is 2.28. The third-order valence-corrected chi connectivity index (χ3v) is 3.58. The van der Waals surface area contributed by atoms with Gasteiger partial charge in [0.15, 0.2) is 0 Å². The highest BCUT2D eigenvalue weighted by Gasteiger charge is 2.32. The van der Waals surface area contributed by atoms with Gasteiger partial charge in [-0.2, -0.15) is 0 Å². The molecule has 0 unspecified atom stereocenters. The van der Waals surface area contributed by atoms with Gasteiger partial charge >= 0.3 is 0 Å². The molecule has 3 rings (SSSR count). The summed E-state index contributed by atoms with van der Waals surface area (Å²) >= 11 is 0. The van der Waals surface area contributed by atoms with Crippen LogP contribution in [0.2, 0.25) is 0 Å². The van der Waals surface area contributed by atoms with E-state index in [0.29, 0.717) is 17.6 Å². The van der Waals surface area contributed by atoms with Gasteiger partial charge in [0.1, 0.15) is 11.5 Å². The van der Waals surface area contributed by atoms with Crippen LogP contribution in [0.15, 0.2) is 30.3 Å². The van der Waals surface area contributed by atoms with E-state index in [1.807, 2.05) is 42.2 Å². The number of hydrogen-bond acceptors (Lipinski definition) is 3. The lowest BCUT2D eigenvalue weighted by atomic mass is 10.1. The van der Waals surface area contributed by atoms with E-state index in [4.69, 9.17) is 5.73 Å². The van der Waals surface area contributed by atoms with Gasteiger partial charge in [0, 0.05) is 18.0 Å². The Labute approximate surface area is 112 Å². The predicted molar refractivity (Wildman–Crippen MR) is 75.9 cm³/mol. The number of benzene rings is 1. The molecule has 1 amide bonds. The lowest BCUT2D eigenvalue weighted by Gasteiger charge is -2.20. The number of amides is 1. The number of pyridine rings is 1. The molecule has 1 aromatic carbocycles. The minimum Gasteiger partial charge on any atom is -0.383 e. The zero-order valence-electron chi connectivity index (χ0n) is 11.0. The van der Waals surface area contributed by atoms with Crippen molar-refractivity contribution in [3.05, 3.63) is 36.0 Å². The van der Waals surface area contributed by atoms with E-state index in [9.17, 15) is 4.79 Å². The van der Waals surface area contributed by atoms with Crippen molar-refractivity contribution in [2.45, 2.75) is 25.8 Å². The van der Waals surface area contributed by atoms with Gasteiger partial charge in [0.05, 0.1) is 0 Å². The average Bonchev–Trinajstić information content (AvgIpc) is 3.24. The zero-order chi connectivity index (χ0) is 13.4. The second kappa shape index (κ2) is 4.53. The maximum atomic E-state index is 12.5. The number of aromatic nitrogens is 1. The summed E-state index contributed by atoms with van der Waals surface area (Å²) in [5.41, 5.74) is 6.40. The molecule has 1 heterocycles. The van der Waals surface area contributed by atoms with Gasteiger partial charge in [0.2, 0.25) is 0 Å². The van der Waals surface area contributed by atoms with Crippen LogP contribution in [0.4, 0.5) is 5.82 Å². The molecule has 19 heavy (non-hydrogen) atoms. The second-order valence-corrected chi connectivity index (χ2v) is 4.94. The Morgan fingerprint density at radius 3 is 2.84 bits per heavy atom. The number of nitrogens with zero attached hydrogens (tertiary/aromatic N) is 2. The summed E-state index contributed by atoms with van der Waals surface area (Å²) in [6.07, 6.45) is 2.20. The topological polar surface area (TPSA) is 59.2 Å². The summed E-state index contributed by atoms with van der Waals surface area (Å²) in [6.45, 7) is 2.72. The van der Waals surface area contributed by atoms with Crippen molar-refractivity contribution >= 4 is 22.5 Å². The molecular weight excluding hydrogens is 238 g/mol. The van der Waals surface area contributed by atoms with Crippen LogP contribution in [0.3, 0.4) is 0 Å². The number of carbonyl (C=O) groups is 1. The maximum absolute atomic E-state index is 12.5. The van der Waals surface area contributed by atoms with E-state index in [1.54, 1.807) is 0 Å². The smallest absolute Gasteiger partial charge is 0.272 e. The molecule has 0 saturated heterocycles. The lowest BCUT2D eigenvalue weighted by Crippen LogP contribution is -2.33. The first-order valence-electron chi connectivity index (χ1n) is 6.67. The van der Waals surface area contributed by atoms with Gasteiger partial charge in [-0.3, -0.25) is 4.79 Å². The lowest BCUT2D eigenvalue weighted by molar-refractivity contribution is 0.0747. The number of anilines is 1. The van der Waals surface area contributed by atoms with E-state index >= 15 is 0 Å². The fraction of sp³-hybridized carbons (Fsp3) is 0.333. The Morgan fingerprint density at radius 2 is 2.16 bits per heavy atom. The average molecular weight is 255 g/mol. The SMILES string of the molecule is CCN(C(=O)c1cc2ccccc2c(N)n1)C1CC1. The summed E-state index contributed by atoms with van der Waals surface area (Å²) in [5.74, 6) is 0.413. The first kappa shape index (κ1) is 12.0. The summed E-state index contributed by atoms with van der Waals surface area (Å²) in [7, 11) is 0. The molecule has 1 aromatic heterocycles. The Kier molecular flexibility index (Phi) is 2.85. The highest BCUT2D eigenvalue weighted by molar-refractivity contribution is 6.00. The summed E-state index contributed by atoms with van der Waals surface area (Å²) in [5, 5.41) is 1.86. The van der Waals surface area contributed by atoms with Crippen LogP contribution in [0.5, 0.6) is 0 Å². The van der Waals surface area contributed by atoms with Gasteiger partial charge in [-0.05, 0) is 31.2 Å². The van der Waals surface area contributed by atoms with E-state index < -0.39 is 0 Å². The number of carbonyl (C=O) groups excluding carboxylic acids is 1. The summed E-state index contributed by atoms with van der Waals surface area (Å²) in [6, 6.07) is 9.96. The fourth-order valence-corrected chi connectivity index (χ4v) is 2.44. The Morgan fingerprint density at radius 1 is 1.42 bits per heavy atom.